The zero-order valence-electron chi connectivity index (χ0n) is 13.8. The summed E-state index contributed by atoms with van der Waals surface area (Å²) in [5, 5.41) is 0. The minimum absolute atomic E-state index is 0.0598. The van der Waals surface area contributed by atoms with Crippen LogP contribution in [0.15, 0.2) is 48.5 Å². The smallest absolute Gasteiger partial charge is 0.123 e. The number of hydrogen-bond donors (Lipinski definition) is 0. The average Bonchev–Trinajstić information content (AvgIpc) is 2.51. The summed E-state index contributed by atoms with van der Waals surface area (Å²) in [4.78, 5) is 0. The van der Waals surface area contributed by atoms with Gasteiger partial charge in [-0.3, -0.25) is 0 Å². The van der Waals surface area contributed by atoms with E-state index >= 15 is 0 Å². The van der Waals surface area contributed by atoms with Gasteiger partial charge in [0.25, 0.3) is 0 Å². The van der Waals surface area contributed by atoms with Gasteiger partial charge >= 0.3 is 0 Å². The largest absolute Gasteiger partial charge is 0.497 e. The Morgan fingerprint density at radius 2 is 1.50 bits per heavy atom. The molecule has 0 atom stereocenters. The van der Waals surface area contributed by atoms with E-state index in [0.717, 1.165) is 17.2 Å². The summed E-state index contributed by atoms with van der Waals surface area (Å²) in [7, 11) is 1.64. The molecular formula is C19H24O3. The first-order valence-corrected chi connectivity index (χ1v) is 7.50. The quantitative estimate of drug-likeness (QED) is 0.738. The van der Waals surface area contributed by atoms with Gasteiger partial charge in [0, 0.05) is 6.07 Å². The fourth-order valence-corrected chi connectivity index (χ4v) is 2.21. The van der Waals surface area contributed by atoms with Crippen LogP contribution in [0.1, 0.15) is 26.3 Å². The Hall–Kier alpha value is -2.16. The van der Waals surface area contributed by atoms with E-state index in [2.05, 4.69) is 26.8 Å². The molecule has 3 heteroatoms. The lowest BCUT2D eigenvalue weighted by Crippen LogP contribution is -2.15. The molecule has 2 rings (SSSR count). The Bertz CT molecular complexity index is 600. The van der Waals surface area contributed by atoms with Gasteiger partial charge in [0.2, 0.25) is 0 Å². The van der Waals surface area contributed by atoms with E-state index in [4.69, 9.17) is 14.2 Å². The number of methoxy groups -OCH3 is 1. The predicted molar refractivity (Wildman–Crippen MR) is 89.1 cm³/mol. The summed E-state index contributed by atoms with van der Waals surface area (Å²) < 4.78 is 16.7. The van der Waals surface area contributed by atoms with E-state index in [1.165, 1.54) is 5.56 Å². The highest BCUT2D eigenvalue weighted by molar-refractivity contribution is 5.38. The van der Waals surface area contributed by atoms with E-state index in [9.17, 15) is 0 Å². The lowest BCUT2D eigenvalue weighted by atomic mass is 9.86. The van der Waals surface area contributed by atoms with Crippen molar-refractivity contribution in [3.63, 3.8) is 0 Å². The van der Waals surface area contributed by atoms with Crippen molar-refractivity contribution in [3.05, 3.63) is 54.1 Å². The second kappa shape index (κ2) is 7.21. The molecule has 0 heterocycles. The number of para-hydroxylation sites is 1. The van der Waals surface area contributed by atoms with Crippen LogP contribution in [0.2, 0.25) is 0 Å². The highest BCUT2D eigenvalue weighted by Gasteiger charge is 2.18. The molecular weight excluding hydrogens is 276 g/mol. The predicted octanol–water partition coefficient (Wildman–Crippen LogP) is 4.45. The molecule has 0 aliphatic carbocycles. The standard InChI is InChI=1S/C19H24O3/c1-19(2,3)17-10-5-6-11-18(17)22-13-12-21-16-9-7-8-15(14-16)20-4/h5-11,14H,12-13H2,1-4H3. The molecule has 0 aliphatic rings. The fourth-order valence-electron chi connectivity index (χ4n) is 2.21. The molecule has 0 amide bonds. The Labute approximate surface area is 132 Å². The molecule has 0 bridgehead atoms. The first-order valence-electron chi connectivity index (χ1n) is 7.50. The minimum atomic E-state index is 0.0598. The van der Waals surface area contributed by atoms with Crippen LogP contribution in [0, 0.1) is 0 Å². The molecule has 0 aliphatic heterocycles. The van der Waals surface area contributed by atoms with E-state index < -0.39 is 0 Å². The lowest BCUT2D eigenvalue weighted by Gasteiger charge is -2.22. The topological polar surface area (TPSA) is 27.7 Å². The van der Waals surface area contributed by atoms with Crippen LogP contribution in [0.25, 0.3) is 0 Å². The highest BCUT2D eigenvalue weighted by Crippen LogP contribution is 2.30. The Morgan fingerprint density at radius 3 is 2.23 bits per heavy atom. The Morgan fingerprint density at radius 1 is 0.818 bits per heavy atom. The molecule has 0 radical (unpaired) electrons. The van der Waals surface area contributed by atoms with Gasteiger partial charge in [0.15, 0.2) is 0 Å². The summed E-state index contributed by atoms with van der Waals surface area (Å²) >= 11 is 0. The van der Waals surface area contributed by atoms with E-state index in [-0.39, 0.29) is 5.41 Å². The van der Waals surface area contributed by atoms with Crippen molar-refractivity contribution in [1.29, 1.82) is 0 Å². The summed E-state index contributed by atoms with van der Waals surface area (Å²) in [6.07, 6.45) is 0. The van der Waals surface area contributed by atoms with E-state index in [0.29, 0.717) is 13.2 Å². The van der Waals surface area contributed by atoms with E-state index in [1.54, 1.807) is 7.11 Å². The maximum absolute atomic E-state index is 5.89. The normalized spacial score (nSPS) is 11.1. The second-order valence-electron chi connectivity index (χ2n) is 6.12. The van der Waals surface area contributed by atoms with Crippen molar-refractivity contribution in [1.82, 2.24) is 0 Å². The number of hydrogen-bond acceptors (Lipinski definition) is 3. The maximum atomic E-state index is 5.89. The van der Waals surface area contributed by atoms with Gasteiger partial charge in [-0.25, -0.2) is 0 Å². The Kier molecular flexibility index (Phi) is 5.31. The highest BCUT2D eigenvalue weighted by atomic mass is 16.5. The van der Waals surface area contributed by atoms with Crippen LogP contribution in [0.5, 0.6) is 17.2 Å². The van der Waals surface area contributed by atoms with Crippen molar-refractivity contribution in [3.8, 4) is 17.2 Å². The van der Waals surface area contributed by atoms with Gasteiger partial charge in [-0.2, -0.15) is 0 Å². The lowest BCUT2D eigenvalue weighted by molar-refractivity contribution is 0.214. The maximum Gasteiger partial charge on any atom is 0.123 e. The fraction of sp³-hybridized carbons (Fsp3) is 0.368. The molecule has 0 fully saturated rings. The minimum Gasteiger partial charge on any atom is -0.497 e. The van der Waals surface area contributed by atoms with E-state index in [1.807, 2.05) is 42.5 Å². The third kappa shape index (κ3) is 4.42. The van der Waals surface area contributed by atoms with Crippen LogP contribution in [0.4, 0.5) is 0 Å². The molecule has 0 N–H and O–H groups in total. The van der Waals surface area contributed by atoms with Crippen LogP contribution in [-0.2, 0) is 5.41 Å². The van der Waals surface area contributed by atoms with Crippen molar-refractivity contribution in [2.75, 3.05) is 20.3 Å². The molecule has 0 saturated carbocycles. The third-order valence-corrected chi connectivity index (χ3v) is 3.35. The van der Waals surface area contributed by atoms with Crippen LogP contribution >= 0.6 is 0 Å². The number of ether oxygens (including phenoxy) is 3. The van der Waals surface area contributed by atoms with Crippen molar-refractivity contribution in [2.24, 2.45) is 0 Å². The molecule has 0 saturated heterocycles. The molecule has 2 aromatic rings. The molecule has 0 unspecified atom stereocenters. The van der Waals surface area contributed by atoms with Gasteiger partial charge in [-0.15, -0.1) is 0 Å². The first kappa shape index (κ1) is 16.2. The molecule has 118 valence electrons. The number of rotatable bonds is 6. The average molecular weight is 300 g/mol. The molecule has 0 aromatic heterocycles. The van der Waals surface area contributed by atoms with Gasteiger partial charge in [0.1, 0.15) is 30.5 Å². The van der Waals surface area contributed by atoms with Gasteiger partial charge in [0.05, 0.1) is 7.11 Å². The van der Waals surface area contributed by atoms with Crippen LogP contribution in [0.3, 0.4) is 0 Å². The molecule has 0 spiro atoms. The summed E-state index contributed by atoms with van der Waals surface area (Å²) in [5.41, 5.74) is 1.26. The van der Waals surface area contributed by atoms with Crippen molar-refractivity contribution < 1.29 is 14.2 Å². The summed E-state index contributed by atoms with van der Waals surface area (Å²) in [5.74, 6) is 2.49. The third-order valence-electron chi connectivity index (χ3n) is 3.35. The molecule has 22 heavy (non-hydrogen) atoms. The monoisotopic (exact) mass is 300 g/mol. The van der Waals surface area contributed by atoms with Crippen molar-refractivity contribution >= 4 is 0 Å². The molecule has 3 nitrogen and oxygen atoms in total. The summed E-state index contributed by atoms with van der Waals surface area (Å²) in [6.45, 7) is 7.54. The second-order valence-corrected chi connectivity index (χ2v) is 6.12. The first-order chi connectivity index (χ1) is 10.5. The Balaban J connectivity index is 1.89. The van der Waals surface area contributed by atoms with Crippen LogP contribution in [-0.4, -0.2) is 20.3 Å². The van der Waals surface area contributed by atoms with Gasteiger partial charge in [-0.1, -0.05) is 45.0 Å². The van der Waals surface area contributed by atoms with Crippen LogP contribution < -0.4 is 14.2 Å². The van der Waals surface area contributed by atoms with Gasteiger partial charge < -0.3 is 14.2 Å². The van der Waals surface area contributed by atoms with Crippen molar-refractivity contribution in [2.45, 2.75) is 26.2 Å². The molecule has 2 aromatic carbocycles. The zero-order chi connectivity index (χ0) is 16.0. The SMILES string of the molecule is COc1cccc(OCCOc2ccccc2C(C)(C)C)c1. The van der Waals surface area contributed by atoms with Gasteiger partial charge in [-0.05, 0) is 29.2 Å². The summed E-state index contributed by atoms with van der Waals surface area (Å²) in [6, 6.07) is 15.7. The zero-order valence-corrected chi connectivity index (χ0v) is 13.8. The number of benzene rings is 2.